The number of anilines is 1. The van der Waals surface area contributed by atoms with Crippen molar-refractivity contribution in [1.29, 1.82) is 0 Å². The van der Waals surface area contributed by atoms with E-state index in [-0.39, 0.29) is 10.7 Å². The molecule has 0 unspecified atom stereocenters. The van der Waals surface area contributed by atoms with Gasteiger partial charge in [0.25, 0.3) is 10.0 Å². The van der Waals surface area contributed by atoms with Crippen LogP contribution in [0.5, 0.6) is 5.75 Å². The van der Waals surface area contributed by atoms with Gasteiger partial charge in [0.2, 0.25) is 0 Å². The fourth-order valence-corrected chi connectivity index (χ4v) is 2.87. The van der Waals surface area contributed by atoms with Gasteiger partial charge < -0.3 is 4.74 Å². The van der Waals surface area contributed by atoms with Crippen LogP contribution in [0, 0.1) is 0 Å². The van der Waals surface area contributed by atoms with E-state index in [1.54, 1.807) is 30.3 Å². The van der Waals surface area contributed by atoms with Gasteiger partial charge in [-0.15, -0.1) is 0 Å². The third-order valence-electron chi connectivity index (χ3n) is 2.87. The Hall–Kier alpha value is -2.34. The number of methoxy groups -OCH3 is 1. The molecule has 0 aliphatic carbocycles. The largest absolute Gasteiger partial charge is 0.497 e. The Morgan fingerprint density at radius 3 is 2.48 bits per heavy atom. The molecule has 110 valence electrons. The van der Waals surface area contributed by atoms with Crippen LogP contribution in [-0.4, -0.2) is 21.3 Å². The number of hydrogen-bond acceptors (Lipinski definition) is 4. The van der Waals surface area contributed by atoms with Gasteiger partial charge in [-0.2, -0.15) is 0 Å². The maximum Gasteiger partial charge on any atom is 0.262 e. The van der Waals surface area contributed by atoms with Crippen LogP contribution in [-0.2, 0) is 10.0 Å². The summed E-state index contributed by atoms with van der Waals surface area (Å²) < 4.78 is 32.1. The van der Waals surface area contributed by atoms with Crippen molar-refractivity contribution in [2.45, 2.75) is 11.8 Å². The second-order valence-corrected chi connectivity index (χ2v) is 6.10. The smallest absolute Gasteiger partial charge is 0.262 e. The lowest BCUT2D eigenvalue weighted by molar-refractivity contribution is 0.101. The van der Waals surface area contributed by atoms with Crippen LogP contribution in [0.15, 0.2) is 53.4 Å². The van der Waals surface area contributed by atoms with E-state index in [0.29, 0.717) is 17.0 Å². The van der Waals surface area contributed by atoms with Crippen molar-refractivity contribution in [1.82, 2.24) is 0 Å². The first kappa shape index (κ1) is 15.1. The number of Topliss-reactive ketones (excluding diaryl/α,β-unsaturated/α-hetero) is 1. The summed E-state index contributed by atoms with van der Waals surface area (Å²) in [5.41, 5.74) is 0.784. The van der Waals surface area contributed by atoms with E-state index < -0.39 is 10.0 Å². The lowest BCUT2D eigenvalue weighted by atomic mass is 10.1. The molecule has 2 rings (SSSR count). The lowest BCUT2D eigenvalue weighted by Gasteiger charge is -2.10. The Bertz CT molecular complexity index is 769. The summed E-state index contributed by atoms with van der Waals surface area (Å²) in [6, 6.07) is 12.5. The normalized spacial score (nSPS) is 11.0. The van der Waals surface area contributed by atoms with E-state index in [1.807, 2.05) is 0 Å². The number of sulfonamides is 1. The Kier molecular flexibility index (Phi) is 4.28. The topological polar surface area (TPSA) is 72.5 Å². The third-order valence-corrected chi connectivity index (χ3v) is 4.25. The number of rotatable bonds is 5. The molecule has 0 heterocycles. The van der Waals surface area contributed by atoms with Gasteiger partial charge in [0.1, 0.15) is 5.75 Å². The Morgan fingerprint density at radius 2 is 1.81 bits per heavy atom. The highest BCUT2D eigenvalue weighted by atomic mass is 32.2. The number of benzene rings is 2. The number of ether oxygens (including phenoxy) is 1. The van der Waals surface area contributed by atoms with Gasteiger partial charge in [-0.25, -0.2) is 8.42 Å². The maximum atomic E-state index is 12.3. The van der Waals surface area contributed by atoms with Crippen molar-refractivity contribution in [3.63, 3.8) is 0 Å². The number of carbonyl (C=O) groups is 1. The van der Waals surface area contributed by atoms with Crippen LogP contribution in [0.2, 0.25) is 0 Å². The quantitative estimate of drug-likeness (QED) is 0.862. The minimum absolute atomic E-state index is 0.0927. The molecule has 0 radical (unpaired) electrons. The summed E-state index contributed by atoms with van der Waals surface area (Å²) in [6.45, 7) is 1.43. The minimum atomic E-state index is -3.73. The standard InChI is InChI=1S/C15H15NO4S/c1-11(17)12-5-3-6-13(9-12)16-21(18,19)15-8-4-7-14(10-15)20-2/h3-10,16H,1-2H3. The van der Waals surface area contributed by atoms with E-state index in [0.717, 1.165) is 0 Å². The molecule has 0 saturated carbocycles. The zero-order chi connectivity index (χ0) is 15.5. The molecule has 2 aromatic rings. The van der Waals surface area contributed by atoms with Crippen LogP contribution in [0.1, 0.15) is 17.3 Å². The van der Waals surface area contributed by atoms with Gasteiger partial charge in [-0.1, -0.05) is 18.2 Å². The van der Waals surface area contributed by atoms with E-state index in [1.165, 1.54) is 32.2 Å². The molecule has 2 aromatic carbocycles. The Labute approximate surface area is 123 Å². The molecule has 0 atom stereocenters. The second kappa shape index (κ2) is 5.97. The van der Waals surface area contributed by atoms with Gasteiger partial charge in [0.05, 0.1) is 12.0 Å². The maximum absolute atomic E-state index is 12.3. The van der Waals surface area contributed by atoms with Gasteiger partial charge in [-0.3, -0.25) is 9.52 Å². The fraction of sp³-hybridized carbons (Fsp3) is 0.133. The van der Waals surface area contributed by atoms with Crippen LogP contribution in [0.3, 0.4) is 0 Å². The van der Waals surface area contributed by atoms with Crippen molar-refractivity contribution < 1.29 is 17.9 Å². The number of nitrogens with one attached hydrogen (secondary N) is 1. The average molecular weight is 305 g/mol. The first-order valence-electron chi connectivity index (χ1n) is 6.20. The predicted molar refractivity (Wildman–Crippen MR) is 80.2 cm³/mol. The van der Waals surface area contributed by atoms with Crippen molar-refractivity contribution >= 4 is 21.5 Å². The van der Waals surface area contributed by atoms with Crippen LogP contribution >= 0.6 is 0 Å². The minimum Gasteiger partial charge on any atom is -0.497 e. The summed E-state index contributed by atoms with van der Waals surface area (Å²) in [4.78, 5) is 11.4. The molecule has 0 bridgehead atoms. The molecule has 6 heteroatoms. The van der Waals surface area contributed by atoms with Crippen LogP contribution in [0.25, 0.3) is 0 Å². The molecule has 0 aliphatic heterocycles. The van der Waals surface area contributed by atoms with E-state index >= 15 is 0 Å². The number of ketones is 1. The highest BCUT2D eigenvalue weighted by Gasteiger charge is 2.15. The summed E-state index contributed by atoms with van der Waals surface area (Å²) in [5.74, 6) is 0.327. The molecule has 0 fully saturated rings. The van der Waals surface area contributed by atoms with E-state index in [9.17, 15) is 13.2 Å². The van der Waals surface area contributed by atoms with Crippen molar-refractivity contribution in [2.24, 2.45) is 0 Å². The summed E-state index contributed by atoms with van der Waals surface area (Å²) >= 11 is 0. The number of hydrogen-bond donors (Lipinski definition) is 1. The zero-order valence-corrected chi connectivity index (χ0v) is 12.5. The van der Waals surface area contributed by atoms with Crippen molar-refractivity contribution in [3.05, 3.63) is 54.1 Å². The Morgan fingerprint density at radius 1 is 1.10 bits per heavy atom. The molecule has 0 amide bonds. The van der Waals surface area contributed by atoms with Crippen LogP contribution in [0.4, 0.5) is 5.69 Å². The average Bonchev–Trinajstić information content (AvgIpc) is 2.47. The molecule has 1 N–H and O–H groups in total. The summed E-state index contributed by atoms with van der Waals surface area (Å²) in [5, 5.41) is 0. The molecule has 0 saturated heterocycles. The third kappa shape index (κ3) is 3.61. The Balaban J connectivity index is 2.32. The highest BCUT2D eigenvalue weighted by molar-refractivity contribution is 7.92. The fourth-order valence-electron chi connectivity index (χ4n) is 1.78. The van der Waals surface area contributed by atoms with E-state index in [2.05, 4.69) is 4.72 Å². The van der Waals surface area contributed by atoms with Crippen LogP contribution < -0.4 is 9.46 Å². The van der Waals surface area contributed by atoms with Crippen molar-refractivity contribution in [2.75, 3.05) is 11.8 Å². The van der Waals surface area contributed by atoms with Gasteiger partial charge in [-0.05, 0) is 31.2 Å². The van der Waals surface area contributed by atoms with E-state index in [4.69, 9.17) is 4.74 Å². The molecular formula is C15H15NO4S. The SMILES string of the molecule is COc1cccc(S(=O)(=O)Nc2cccc(C(C)=O)c2)c1. The zero-order valence-electron chi connectivity index (χ0n) is 11.7. The molecule has 21 heavy (non-hydrogen) atoms. The number of carbonyl (C=O) groups excluding carboxylic acids is 1. The first-order chi connectivity index (χ1) is 9.92. The first-order valence-corrected chi connectivity index (χ1v) is 7.68. The lowest BCUT2D eigenvalue weighted by Crippen LogP contribution is -2.13. The van der Waals surface area contributed by atoms with Gasteiger partial charge in [0, 0.05) is 17.3 Å². The van der Waals surface area contributed by atoms with Crippen molar-refractivity contribution in [3.8, 4) is 5.75 Å². The molecule has 0 spiro atoms. The monoisotopic (exact) mass is 305 g/mol. The predicted octanol–water partition coefficient (Wildman–Crippen LogP) is 2.70. The molecule has 0 aromatic heterocycles. The second-order valence-electron chi connectivity index (χ2n) is 4.42. The molecule has 5 nitrogen and oxygen atoms in total. The highest BCUT2D eigenvalue weighted by Crippen LogP contribution is 2.21. The van der Waals surface area contributed by atoms with Gasteiger partial charge in [0.15, 0.2) is 5.78 Å². The molecule has 0 aliphatic rings. The summed E-state index contributed by atoms with van der Waals surface area (Å²) in [7, 11) is -2.26. The van der Waals surface area contributed by atoms with Gasteiger partial charge >= 0.3 is 0 Å². The summed E-state index contributed by atoms with van der Waals surface area (Å²) in [6.07, 6.45) is 0. The molecular weight excluding hydrogens is 290 g/mol.